The minimum absolute atomic E-state index is 0.785. The van der Waals surface area contributed by atoms with Gasteiger partial charge < -0.3 is 9.47 Å². The molecule has 8 heteroatoms. The molecule has 162 valence electrons. The van der Waals surface area contributed by atoms with Crippen LogP contribution in [0.15, 0.2) is 29.6 Å². The largest absolute Gasteiger partial charge is 0.496 e. The first-order chi connectivity index (χ1) is 15.3. The number of benzene rings is 1. The number of hydrogen-bond donors (Lipinski definition) is 1. The molecule has 0 radical (unpaired) electrons. The molecule has 1 fully saturated rings. The van der Waals surface area contributed by atoms with Crippen LogP contribution in [0.3, 0.4) is 0 Å². The molecule has 0 saturated carbocycles. The molecule has 0 unspecified atom stereocenters. The fraction of sp³-hybridized carbons (Fsp3) is 0.435. The Kier molecular flexibility index (Phi) is 6.11. The molecule has 0 atom stereocenters. The quantitative estimate of drug-likeness (QED) is 0.466. The van der Waals surface area contributed by atoms with Gasteiger partial charge in [0.15, 0.2) is 5.82 Å². The van der Waals surface area contributed by atoms with E-state index in [9.17, 15) is 0 Å². The normalized spacial score (nSPS) is 17.2. The number of aryl methyl sites for hydroxylation is 2. The van der Waals surface area contributed by atoms with Crippen molar-refractivity contribution in [2.45, 2.75) is 32.2 Å². The molecule has 1 saturated heterocycles. The number of ether oxygens (including phenoxy) is 2. The van der Waals surface area contributed by atoms with E-state index in [1.54, 1.807) is 24.8 Å². The lowest BCUT2D eigenvalue weighted by atomic mass is 9.97. The lowest BCUT2D eigenvalue weighted by molar-refractivity contribution is 0.0339. The first kappa shape index (κ1) is 20.4. The second kappa shape index (κ2) is 9.30. The van der Waals surface area contributed by atoms with Gasteiger partial charge in [-0.1, -0.05) is 0 Å². The first-order valence-electron chi connectivity index (χ1n) is 10.8. The number of nitrogens with one attached hydrogen (secondary N) is 1. The van der Waals surface area contributed by atoms with Crippen LogP contribution in [0.1, 0.15) is 34.4 Å². The number of rotatable bonds is 6. The summed E-state index contributed by atoms with van der Waals surface area (Å²) in [5.41, 5.74) is 6.75. The van der Waals surface area contributed by atoms with Gasteiger partial charge >= 0.3 is 0 Å². The summed E-state index contributed by atoms with van der Waals surface area (Å²) < 4.78 is 11.0. The van der Waals surface area contributed by atoms with Gasteiger partial charge in [0.05, 0.1) is 31.9 Å². The van der Waals surface area contributed by atoms with Gasteiger partial charge in [0.2, 0.25) is 0 Å². The van der Waals surface area contributed by atoms with Gasteiger partial charge in [-0.05, 0) is 55.0 Å². The van der Waals surface area contributed by atoms with Gasteiger partial charge in [0, 0.05) is 30.1 Å². The predicted octanol–water partition coefficient (Wildman–Crippen LogP) is 3.86. The van der Waals surface area contributed by atoms with E-state index in [0.29, 0.717) is 0 Å². The molecule has 7 nitrogen and oxygen atoms in total. The monoisotopic (exact) mass is 437 g/mol. The van der Waals surface area contributed by atoms with Crippen molar-refractivity contribution in [2.75, 3.05) is 38.8 Å². The number of morpholine rings is 1. The molecule has 2 aromatic heterocycles. The molecule has 3 aromatic rings. The fourth-order valence-electron chi connectivity index (χ4n) is 4.35. The van der Waals surface area contributed by atoms with Crippen LogP contribution in [-0.4, -0.2) is 54.5 Å². The van der Waals surface area contributed by atoms with E-state index in [1.807, 2.05) is 18.3 Å². The number of thiophene rings is 1. The highest BCUT2D eigenvalue weighted by molar-refractivity contribution is 7.19. The van der Waals surface area contributed by atoms with Crippen LogP contribution in [0.5, 0.6) is 5.75 Å². The Balaban J connectivity index is 1.35. The second-order valence-electron chi connectivity index (χ2n) is 7.94. The highest BCUT2D eigenvalue weighted by Gasteiger charge is 2.19. The minimum atomic E-state index is 0.785. The molecule has 31 heavy (non-hydrogen) atoms. The molecule has 1 aliphatic carbocycles. The summed E-state index contributed by atoms with van der Waals surface area (Å²) in [5.74, 6) is 1.70. The van der Waals surface area contributed by atoms with Crippen molar-refractivity contribution in [3.05, 3.63) is 46.1 Å². The van der Waals surface area contributed by atoms with Gasteiger partial charge in [-0.3, -0.25) is 10.3 Å². The van der Waals surface area contributed by atoms with E-state index in [1.165, 1.54) is 23.3 Å². The lowest BCUT2D eigenvalue weighted by Crippen LogP contribution is -2.35. The highest BCUT2D eigenvalue weighted by atomic mass is 32.1. The van der Waals surface area contributed by atoms with Crippen LogP contribution in [0.25, 0.3) is 10.2 Å². The van der Waals surface area contributed by atoms with Crippen molar-refractivity contribution < 1.29 is 9.47 Å². The van der Waals surface area contributed by atoms with Crippen molar-refractivity contribution in [3.63, 3.8) is 0 Å². The van der Waals surface area contributed by atoms with Crippen LogP contribution in [0.2, 0.25) is 0 Å². The summed E-state index contributed by atoms with van der Waals surface area (Å²) in [4.78, 5) is 13.9. The number of hydrogen-bond acceptors (Lipinski definition) is 8. The Morgan fingerprint density at radius 2 is 2.10 bits per heavy atom. The fourth-order valence-corrected chi connectivity index (χ4v) is 5.57. The predicted molar refractivity (Wildman–Crippen MR) is 124 cm³/mol. The summed E-state index contributed by atoms with van der Waals surface area (Å²) in [5, 5.41) is 5.64. The summed E-state index contributed by atoms with van der Waals surface area (Å²) in [7, 11) is 1.72. The molecule has 0 amide bonds. The maximum atomic E-state index is 5.57. The number of anilines is 1. The lowest BCUT2D eigenvalue weighted by Gasteiger charge is -2.27. The van der Waals surface area contributed by atoms with Gasteiger partial charge in [-0.2, -0.15) is 5.10 Å². The summed E-state index contributed by atoms with van der Waals surface area (Å²) in [6.07, 6.45) is 8.21. The number of fused-ring (bicyclic) bond motifs is 3. The highest BCUT2D eigenvalue weighted by Crippen LogP contribution is 2.38. The Morgan fingerprint density at radius 3 is 2.97 bits per heavy atom. The molecule has 3 heterocycles. The van der Waals surface area contributed by atoms with E-state index in [0.717, 1.165) is 78.6 Å². The van der Waals surface area contributed by atoms with E-state index in [2.05, 4.69) is 31.5 Å². The third-order valence-electron chi connectivity index (χ3n) is 5.94. The maximum Gasteiger partial charge on any atom is 0.158 e. The standard InChI is InChI=1S/C23H27N5O2S/c1-29-19-7-6-16(12-17(19)14-28-8-10-30-11-9-28)13-26-27-22-21-18-4-2-3-5-20(18)31-23(21)25-15-24-22/h6-7,12-13,15H,2-5,8-11,14H2,1H3,(H,24,25,27)/b26-13+. The second-order valence-corrected chi connectivity index (χ2v) is 9.03. The van der Waals surface area contributed by atoms with E-state index in [4.69, 9.17) is 9.47 Å². The molecule has 1 N–H and O–H groups in total. The molecule has 1 aliphatic heterocycles. The summed E-state index contributed by atoms with van der Waals surface area (Å²) in [6, 6.07) is 6.17. The zero-order chi connectivity index (χ0) is 21.0. The van der Waals surface area contributed by atoms with Crippen LogP contribution in [-0.2, 0) is 24.1 Å². The molecule has 1 aromatic carbocycles. The van der Waals surface area contributed by atoms with Gasteiger partial charge in [-0.25, -0.2) is 9.97 Å². The number of hydrazone groups is 1. The average Bonchev–Trinajstić information content (AvgIpc) is 3.19. The Bertz CT molecular complexity index is 1090. The zero-order valence-corrected chi connectivity index (χ0v) is 18.6. The first-order valence-corrected chi connectivity index (χ1v) is 11.6. The summed E-state index contributed by atoms with van der Waals surface area (Å²) >= 11 is 1.80. The van der Waals surface area contributed by atoms with Gasteiger partial charge in [0.1, 0.15) is 16.9 Å². The molecular formula is C23H27N5O2S. The molecule has 0 spiro atoms. The van der Waals surface area contributed by atoms with E-state index in [-0.39, 0.29) is 0 Å². The Labute approximate surface area is 186 Å². The van der Waals surface area contributed by atoms with E-state index >= 15 is 0 Å². The smallest absolute Gasteiger partial charge is 0.158 e. The molecule has 0 bridgehead atoms. The van der Waals surface area contributed by atoms with Crippen LogP contribution in [0, 0.1) is 0 Å². The van der Waals surface area contributed by atoms with Crippen LogP contribution >= 0.6 is 11.3 Å². The van der Waals surface area contributed by atoms with Crippen molar-refractivity contribution in [2.24, 2.45) is 5.10 Å². The topological polar surface area (TPSA) is 71.9 Å². The van der Waals surface area contributed by atoms with Gasteiger partial charge in [0.25, 0.3) is 0 Å². The van der Waals surface area contributed by atoms with Crippen molar-refractivity contribution in [1.29, 1.82) is 0 Å². The Morgan fingerprint density at radius 1 is 1.23 bits per heavy atom. The van der Waals surface area contributed by atoms with Crippen molar-refractivity contribution in [3.8, 4) is 5.75 Å². The minimum Gasteiger partial charge on any atom is -0.496 e. The molecule has 5 rings (SSSR count). The Hall–Kier alpha value is -2.55. The number of methoxy groups -OCH3 is 1. The third-order valence-corrected chi connectivity index (χ3v) is 7.14. The average molecular weight is 438 g/mol. The molecule has 2 aliphatic rings. The van der Waals surface area contributed by atoms with Crippen LogP contribution < -0.4 is 10.2 Å². The zero-order valence-electron chi connectivity index (χ0n) is 17.8. The van der Waals surface area contributed by atoms with Crippen molar-refractivity contribution in [1.82, 2.24) is 14.9 Å². The van der Waals surface area contributed by atoms with Gasteiger partial charge in [-0.15, -0.1) is 11.3 Å². The van der Waals surface area contributed by atoms with E-state index < -0.39 is 0 Å². The molecular weight excluding hydrogens is 410 g/mol. The summed E-state index contributed by atoms with van der Waals surface area (Å²) in [6.45, 7) is 4.30. The SMILES string of the molecule is COc1ccc(/C=N/Nc2ncnc3sc4c(c23)CCCC4)cc1CN1CCOCC1. The van der Waals surface area contributed by atoms with Crippen LogP contribution in [0.4, 0.5) is 5.82 Å². The number of nitrogens with zero attached hydrogens (tertiary/aromatic N) is 4. The van der Waals surface area contributed by atoms with Crippen molar-refractivity contribution >= 4 is 33.6 Å². The third kappa shape index (κ3) is 4.42. The number of aromatic nitrogens is 2. The maximum absolute atomic E-state index is 5.57.